The van der Waals surface area contributed by atoms with Crippen LogP contribution in [-0.4, -0.2) is 24.0 Å². The first-order valence-corrected chi connectivity index (χ1v) is 6.47. The van der Waals surface area contributed by atoms with E-state index < -0.39 is 0 Å². The molecule has 2 nitrogen and oxygen atoms in total. The van der Waals surface area contributed by atoms with Gasteiger partial charge in [-0.15, -0.1) is 0 Å². The third-order valence-electron chi connectivity index (χ3n) is 3.66. The van der Waals surface area contributed by atoms with Gasteiger partial charge in [-0.05, 0) is 31.8 Å². The highest BCUT2D eigenvalue weighted by Gasteiger charge is 2.25. The Bertz CT molecular complexity index is 195. The van der Waals surface area contributed by atoms with E-state index in [0.29, 0.717) is 5.92 Å². The lowest BCUT2D eigenvalue weighted by atomic mass is 9.93. The first kappa shape index (κ1) is 12.5. The number of hydrogen-bond acceptors (Lipinski definition) is 2. The van der Waals surface area contributed by atoms with Crippen LogP contribution in [0.15, 0.2) is 0 Å². The van der Waals surface area contributed by atoms with Crippen molar-refractivity contribution >= 4 is 0 Å². The van der Waals surface area contributed by atoms with E-state index in [2.05, 4.69) is 24.8 Å². The molecule has 0 aromatic rings. The summed E-state index contributed by atoms with van der Waals surface area (Å²) in [7, 11) is 0. The van der Waals surface area contributed by atoms with Gasteiger partial charge in [0.15, 0.2) is 0 Å². The molecule has 0 saturated carbocycles. The molecule has 0 radical (unpaired) electrons. The Balaban J connectivity index is 2.59. The van der Waals surface area contributed by atoms with Crippen LogP contribution in [0, 0.1) is 17.2 Å². The number of likely N-dealkylation sites (tertiary alicyclic amines) is 1. The summed E-state index contributed by atoms with van der Waals surface area (Å²) in [6.45, 7) is 6.68. The predicted molar refractivity (Wildman–Crippen MR) is 63.5 cm³/mol. The molecule has 1 atom stereocenters. The minimum atomic E-state index is 0.165. The van der Waals surface area contributed by atoms with Crippen molar-refractivity contribution < 1.29 is 0 Å². The molecule has 0 aromatic heterocycles. The second-order valence-corrected chi connectivity index (χ2v) is 4.60. The lowest BCUT2D eigenvalue weighted by Crippen LogP contribution is -2.40. The maximum Gasteiger partial charge on any atom is 0.101 e. The molecule has 1 saturated heterocycles. The summed E-state index contributed by atoms with van der Waals surface area (Å²) < 4.78 is 0. The molecule has 1 rings (SSSR count). The third kappa shape index (κ3) is 3.50. The molecule has 86 valence electrons. The lowest BCUT2D eigenvalue weighted by molar-refractivity contribution is 0.180. The van der Waals surface area contributed by atoms with E-state index in [-0.39, 0.29) is 6.04 Å². The van der Waals surface area contributed by atoms with Gasteiger partial charge >= 0.3 is 0 Å². The van der Waals surface area contributed by atoms with Crippen molar-refractivity contribution in [3.63, 3.8) is 0 Å². The van der Waals surface area contributed by atoms with Crippen molar-refractivity contribution in [3.8, 4) is 6.07 Å². The van der Waals surface area contributed by atoms with Crippen LogP contribution in [0.4, 0.5) is 0 Å². The monoisotopic (exact) mass is 208 g/mol. The third-order valence-corrected chi connectivity index (χ3v) is 3.66. The van der Waals surface area contributed by atoms with Crippen LogP contribution in [0.1, 0.15) is 52.4 Å². The Morgan fingerprint density at radius 3 is 2.00 bits per heavy atom. The van der Waals surface area contributed by atoms with Crippen molar-refractivity contribution in [2.45, 2.75) is 58.4 Å². The summed E-state index contributed by atoms with van der Waals surface area (Å²) >= 11 is 0. The summed E-state index contributed by atoms with van der Waals surface area (Å²) in [4.78, 5) is 2.42. The van der Waals surface area contributed by atoms with E-state index in [0.717, 1.165) is 25.9 Å². The van der Waals surface area contributed by atoms with Gasteiger partial charge in [0.2, 0.25) is 0 Å². The molecule has 1 unspecified atom stereocenters. The molecule has 0 amide bonds. The van der Waals surface area contributed by atoms with Gasteiger partial charge in [0.1, 0.15) is 6.04 Å². The van der Waals surface area contributed by atoms with Gasteiger partial charge in [-0.25, -0.2) is 0 Å². The molecule has 1 aliphatic heterocycles. The molecule has 0 bridgehead atoms. The van der Waals surface area contributed by atoms with E-state index in [1.165, 1.54) is 25.7 Å². The molecule has 15 heavy (non-hydrogen) atoms. The molecular formula is C13H24N2. The number of nitrogens with zero attached hydrogens (tertiary/aromatic N) is 2. The van der Waals surface area contributed by atoms with Gasteiger partial charge in [0.25, 0.3) is 0 Å². The standard InChI is InChI=1S/C13H24N2/c1-3-12(4-2)13(11-14)15-9-7-5-6-8-10-15/h12-13H,3-10H2,1-2H3. The van der Waals surface area contributed by atoms with Crippen molar-refractivity contribution in [2.75, 3.05) is 13.1 Å². The summed E-state index contributed by atoms with van der Waals surface area (Å²) in [5, 5.41) is 9.31. The number of nitriles is 1. The van der Waals surface area contributed by atoms with Gasteiger partial charge in [0.05, 0.1) is 6.07 Å². The van der Waals surface area contributed by atoms with Gasteiger partial charge < -0.3 is 0 Å². The zero-order chi connectivity index (χ0) is 11.1. The van der Waals surface area contributed by atoms with E-state index in [1.807, 2.05) is 0 Å². The second kappa shape index (κ2) is 6.85. The first-order chi connectivity index (χ1) is 7.33. The van der Waals surface area contributed by atoms with Crippen molar-refractivity contribution in [2.24, 2.45) is 5.92 Å². The lowest BCUT2D eigenvalue weighted by Gasteiger charge is -2.30. The maximum absolute atomic E-state index is 9.31. The molecular weight excluding hydrogens is 184 g/mol. The van der Waals surface area contributed by atoms with Crippen LogP contribution in [0.5, 0.6) is 0 Å². The van der Waals surface area contributed by atoms with Crippen LogP contribution in [-0.2, 0) is 0 Å². The highest BCUT2D eigenvalue weighted by Crippen LogP contribution is 2.21. The van der Waals surface area contributed by atoms with Gasteiger partial charge in [0, 0.05) is 0 Å². The maximum atomic E-state index is 9.31. The predicted octanol–water partition coefficient (Wildman–Crippen LogP) is 3.19. The summed E-state index contributed by atoms with van der Waals surface area (Å²) in [6.07, 6.45) is 7.50. The SMILES string of the molecule is CCC(CC)C(C#N)N1CCCCCC1. The molecule has 0 aromatic carbocycles. The van der Waals surface area contributed by atoms with Crippen LogP contribution in [0.2, 0.25) is 0 Å². The first-order valence-electron chi connectivity index (χ1n) is 6.47. The summed E-state index contributed by atoms with van der Waals surface area (Å²) in [5.41, 5.74) is 0. The second-order valence-electron chi connectivity index (χ2n) is 4.60. The van der Waals surface area contributed by atoms with Gasteiger partial charge in [-0.1, -0.05) is 39.5 Å². The Labute approximate surface area is 94.3 Å². The fourth-order valence-corrected chi connectivity index (χ4v) is 2.59. The average molecular weight is 208 g/mol. The van der Waals surface area contributed by atoms with Crippen LogP contribution in [0.3, 0.4) is 0 Å². The minimum absolute atomic E-state index is 0.165. The van der Waals surface area contributed by atoms with E-state index in [9.17, 15) is 5.26 Å². The zero-order valence-electron chi connectivity index (χ0n) is 10.2. The van der Waals surface area contributed by atoms with E-state index >= 15 is 0 Å². The smallest absolute Gasteiger partial charge is 0.101 e. The number of hydrogen-bond donors (Lipinski definition) is 0. The van der Waals surface area contributed by atoms with Crippen molar-refractivity contribution in [1.29, 1.82) is 5.26 Å². The molecule has 0 N–H and O–H groups in total. The molecule has 2 heteroatoms. The molecule has 0 spiro atoms. The number of rotatable bonds is 4. The fraction of sp³-hybridized carbons (Fsp3) is 0.923. The topological polar surface area (TPSA) is 27.0 Å². The van der Waals surface area contributed by atoms with Gasteiger partial charge in [-0.2, -0.15) is 5.26 Å². The molecule has 0 aliphatic carbocycles. The zero-order valence-corrected chi connectivity index (χ0v) is 10.2. The highest BCUT2D eigenvalue weighted by atomic mass is 15.2. The summed E-state index contributed by atoms with van der Waals surface area (Å²) in [6, 6.07) is 2.69. The summed E-state index contributed by atoms with van der Waals surface area (Å²) in [5.74, 6) is 0.563. The molecule has 1 heterocycles. The van der Waals surface area contributed by atoms with Crippen molar-refractivity contribution in [3.05, 3.63) is 0 Å². The molecule has 1 fully saturated rings. The van der Waals surface area contributed by atoms with Gasteiger partial charge in [-0.3, -0.25) is 4.90 Å². The Kier molecular flexibility index (Phi) is 5.71. The van der Waals surface area contributed by atoms with E-state index in [4.69, 9.17) is 0 Å². The molecule has 1 aliphatic rings. The highest BCUT2D eigenvalue weighted by molar-refractivity contribution is 4.96. The van der Waals surface area contributed by atoms with E-state index in [1.54, 1.807) is 0 Å². The fourth-order valence-electron chi connectivity index (χ4n) is 2.59. The minimum Gasteiger partial charge on any atom is -0.288 e. The largest absolute Gasteiger partial charge is 0.288 e. The quantitative estimate of drug-likeness (QED) is 0.709. The average Bonchev–Trinajstić information content (AvgIpc) is 2.54. The Hall–Kier alpha value is -0.550. The van der Waals surface area contributed by atoms with Crippen LogP contribution < -0.4 is 0 Å². The normalized spacial score (nSPS) is 20.9. The Morgan fingerprint density at radius 2 is 1.60 bits per heavy atom. The van der Waals surface area contributed by atoms with Crippen molar-refractivity contribution in [1.82, 2.24) is 4.90 Å². The Morgan fingerprint density at radius 1 is 1.07 bits per heavy atom. The van der Waals surface area contributed by atoms with Crippen LogP contribution >= 0.6 is 0 Å². The van der Waals surface area contributed by atoms with Crippen LogP contribution in [0.25, 0.3) is 0 Å².